The van der Waals surface area contributed by atoms with Gasteiger partial charge in [-0.1, -0.05) is 6.42 Å². The van der Waals surface area contributed by atoms with Gasteiger partial charge in [0.15, 0.2) is 5.96 Å². The highest BCUT2D eigenvalue weighted by molar-refractivity contribution is 14.0. The van der Waals surface area contributed by atoms with Crippen molar-refractivity contribution < 1.29 is 4.74 Å². The molecule has 0 aromatic heterocycles. The van der Waals surface area contributed by atoms with Gasteiger partial charge in [0.1, 0.15) is 0 Å². The maximum absolute atomic E-state index is 5.56. The van der Waals surface area contributed by atoms with Crippen molar-refractivity contribution in [1.29, 1.82) is 0 Å². The number of nitrogens with zero attached hydrogens (tertiary/aromatic N) is 4. The zero-order chi connectivity index (χ0) is 22.2. The van der Waals surface area contributed by atoms with Crippen LogP contribution in [0.15, 0.2) is 4.99 Å². The van der Waals surface area contributed by atoms with Gasteiger partial charge in [0, 0.05) is 44.4 Å². The second kappa shape index (κ2) is 13.8. The molecular formula is C25H49IN6O. The van der Waals surface area contributed by atoms with Gasteiger partial charge < -0.3 is 25.2 Å². The van der Waals surface area contributed by atoms with Crippen LogP contribution in [0.5, 0.6) is 0 Å². The molecule has 1 unspecified atom stereocenters. The fraction of sp³-hybridized carbons (Fsp3) is 0.960. The molecule has 4 aliphatic rings. The Balaban J connectivity index is 0.00000306. The van der Waals surface area contributed by atoms with Gasteiger partial charge in [0.05, 0.1) is 13.2 Å². The van der Waals surface area contributed by atoms with Crippen LogP contribution >= 0.6 is 24.0 Å². The Bertz CT molecular complexity index is 577. The molecule has 2 N–H and O–H groups in total. The van der Waals surface area contributed by atoms with Gasteiger partial charge in [-0.15, -0.1) is 24.0 Å². The van der Waals surface area contributed by atoms with Crippen molar-refractivity contribution in [2.45, 2.75) is 69.9 Å². The number of nitrogens with one attached hydrogen (secondary N) is 2. The minimum atomic E-state index is 0. The van der Waals surface area contributed by atoms with Gasteiger partial charge in [0.25, 0.3) is 0 Å². The summed E-state index contributed by atoms with van der Waals surface area (Å²) in [5, 5.41) is 7.35. The number of guanidine groups is 1. The largest absolute Gasteiger partial charge is 0.381 e. The molecule has 0 aliphatic carbocycles. The second-order valence-electron chi connectivity index (χ2n) is 10.7. The van der Waals surface area contributed by atoms with E-state index in [1.807, 2.05) is 0 Å². The molecule has 0 amide bonds. The van der Waals surface area contributed by atoms with E-state index in [2.05, 4.69) is 39.3 Å². The van der Waals surface area contributed by atoms with Crippen LogP contribution in [0.2, 0.25) is 0 Å². The molecule has 4 heterocycles. The minimum absolute atomic E-state index is 0. The molecule has 4 saturated heterocycles. The van der Waals surface area contributed by atoms with E-state index in [0.717, 1.165) is 38.2 Å². The first-order valence-electron chi connectivity index (χ1n) is 13.5. The SMILES string of the molecule is CCNC(=NCC1(N2CCCCC2)CCN(C)CC1)NC1CCN(CC2CCOC2)CC1.I. The average Bonchev–Trinajstić information content (AvgIpc) is 3.34. The van der Waals surface area contributed by atoms with Crippen molar-refractivity contribution in [2.24, 2.45) is 10.9 Å². The molecule has 0 spiro atoms. The summed E-state index contributed by atoms with van der Waals surface area (Å²) in [6.45, 7) is 14.5. The van der Waals surface area contributed by atoms with Gasteiger partial charge >= 0.3 is 0 Å². The van der Waals surface area contributed by atoms with Crippen molar-refractivity contribution in [3.05, 3.63) is 0 Å². The van der Waals surface area contributed by atoms with E-state index in [1.165, 1.54) is 97.2 Å². The summed E-state index contributed by atoms with van der Waals surface area (Å²) in [7, 11) is 2.26. The molecule has 4 fully saturated rings. The van der Waals surface area contributed by atoms with Crippen LogP contribution < -0.4 is 10.6 Å². The summed E-state index contributed by atoms with van der Waals surface area (Å²) < 4.78 is 5.56. The molecule has 4 aliphatic heterocycles. The first kappa shape index (κ1) is 27.4. The fourth-order valence-corrected chi connectivity index (χ4v) is 6.07. The molecule has 7 nitrogen and oxygen atoms in total. The molecule has 33 heavy (non-hydrogen) atoms. The Morgan fingerprint density at radius 3 is 2.36 bits per heavy atom. The smallest absolute Gasteiger partial charge is 0.191 e. The van der Waals surface area contributed by atoms with Gasteiger partial charge in [-0.2, -0.15) is 0 Å². The topological polar surface area (TPSA) is 55.4 Å². The quantitative estimate of drug-likeness (QED) is 0.276. The molecule has 8 heteroatoms. The molecule has 4 rings (SSSR count). The number of piperidine rings is 3. The fourth-order valence-electron chi connectivity index (χ4n) is 6.07. The van der Waals surface area contributed by atoms with Crippen LogP contribution in [0.4, 0.5) is 0 Å². The van der Waals surface area contributed by atoms with Crippen molar-refractivity contribution in [2.75, 3.05) is 79.2 Å². The predicted molar refractivity (Wildman–Crippen MR) is 148 cm³/mol. The maximum Gasteiger partial charge on any atom is 0.191 e. The normalized spacial score (nSPS) is 28.4. The van der Waals surface area contributed by atoms with Crippen LogP contribution in [-0.4, -0.2) is 111 Å². The van der Waals surface area contributed by atoms with Crippen molar-refractivity contribution in [3.8, 4) is 0 Å². The summed E-state index contributed by atoms with van der Waals surface area (Å²) in [5.74, 6) is 1.78. The summed E-state index contributed by atoms with van der Waals surface area (Å²) in [6.07, 6.45) is 10.2. The highest BCUT2D eigenvalue weighted by atomic mass is 127. The van der Waals surface area contributed by atoms with Gasteiger partial charge in [-0.25, -0.2) is 0 Å². The van der Waals surface area contributed by atoms with E-state index in [1.54, 1.807) is 0 Å². The van der Waals surface area contributed by atoms with Crippen LogP contribution in [0, 0.1) is 5.92 Å². The Hall–Kier alpha value is -0.160. The van der Waals surface area contributed by atoms with E-state index in [4.69, 9.17) is 9.73 Å². The third-order valence-electron chi connectivity index (χ3n) is 8.29. The van der Waals surface area contributed by atoms with Gasteiger partial charge in [0.2, 0.25) is 0 Å². The van der Waals surface area contributed by atoms with Crippen LogP contribution in [0.3, 0.4) is 0 Å². The third-order valence-corrected chi connectivity index (χ3v) is 8.29. The molecule has 0 radical (unpaired) electrons. The van der Waals surface area contributed by atoms with E-state index in [-0.39, 0.29) is 29.5 Å². The summed E-state index contributed by atoms with van der Waals surface area (Å²) in [4.78, 5) is 13.1. The molecule has 0 saturated carbocycles. The van der Waals surface area contributed by atoms with Crippen molar-refractivity contribution in [1.82, 2.24) is 25.3 Å². The molecule has 1 atom stereocenters. The lowest BCUT2D eigenvalue weighted by Gasteiger charge is -2.49. The number of halogens is 1. The summed E-state index contributed by atoms with van der Waals surface area (Å²) in [5.41, 5.74) is 0.252. The predicted octanol–water partition coefficient (Wildman–Crippen LogP) is 2.61. The molecule has 0 aromatic carbocycles. The van der Waals surface area contributed by atoms with E-state index >= 15 is 0 Å². The van der Waals surface area contributed by atoms with E-state index in [9.17, 15) is 0 Å². The second-order valence-corrected chi connectivity index (χ2v) is 10.7. The monoisotopic (exact) mass is 576 g/mol. The maximum atomic E-state index is 5.56. The third kappa shape index (κ3) is 7.92. The number of likely N-dealkylation sites (tertiary alicyclic amines) is 3. The first-order valence-corrected chi connectivity index (χ1v) is 13.5. The summed E-state index contributed by atoms with van der Waals surface area (Å²) >= 11 is 0. The number of ether oxygens (including phenoxy) is 1. The number of hydrogen-bond donors (Lipinski definition) is 2. The minimum Gasteiger partial charge on any atom is -0.381 e. The molecule has 0 bridgehead atoms. The number of aliphatic imine (C=N–C) groups is 1. The lowest BCUT2D eigenvalue weighted by Crippen LogP contribution is -2.58. The zero-order valence-corrected chi connectivity index (χ0v) is 23.5. The van der Waals surface area contributed by atoms with E-state index in [0.29, 0.717) is 6.04 Å². The van der Waals surface area contributed by atoms with Crippen LogP contribution in [-0.2, 0) is 4.74 Å². The number of hydrogen-bond acceptors (Lipinski definition) is 5. The Labute approximate surface area is 219 Å². The van der Waals surface area contributed by atoms with E-state index < -0.39 is 0 Å². The Morgan fingerprint density at radius 1 is 1.00 bits per heavy atom. The summed E-state index contributed by atoms with van der Waals surface area (Å²) in [6, 6.07) is 0.535. The Morgan fingerprint density at radius 2 is 1.73 bits per heavy atom. The zero-order valence-electron chi connectivity index (χ0n) is 21.2. The molecule has 0 aromatic rings. The van der Waals surface area contributed by atoms with Gasteiger partial charge in [-0.3, -0.25) is 9.89 Å². The van der Waals surface area contributed by atoms with Crippen molar-refractivity contribution in [3.63, 3.8) is 0 Å². The van der Waals surface area contributed by atoms with Crippen LogP contribution in [0.25, 0.3) is 0 Å². The molecular weight excluding hydrogens is 527 g/mol. The van der Waals surface area contributed by atoms with Crippen molar-refractivity contribution >= 4 is 29.9 Å². The number of rotatable bonds is 7. The van der Waals surface area contributed by atoms with Gasteiger partial charge in [-0.05, 0) is 91.0 Å². The highest BCUT2D eigenvalue weighted by Crippen LogP contribution is 2.31. The Kier molecular flexibility index (Phi) is 11.5. The lowest BCUT2D eigenvalue weighted by molar-refractivity contribution is 0.0208. The average molecular weight is 577 g/mol. The standard InChI is InChI=1S/C25H48N6O.HI/c1-3-26-24(28-23-7-14-30(15-8-23)19-22-9-18-32-20-22)27-21-25(10-16-29(2)17-11-25)31-12-5-4-6-13-31;/h22-23H,3-21H2,1-2H3,(H2,26,27,28);1H. The van der Waals surface area contributed by atoms with Crippen LogP contribution in [0.1, 0.15) is 58.3 Å². The highest BCUT2D eigenvalue weighted by Gasteiger charge is 2.39. The lowest BCUT2D eigenvalue weighted by atomic mass is 9.84. The first-order chi connectivity index (χ1) is 15.7. The molecule has 192 valence electrons.